The van der Waals surface area contributed by atoms with E-state index in [0.29, 0.717) is 19.4 Å². The van der Waals surface area contributed by atoms with Gasteiger partial charge in [0.1, 0.15) is 11.5 Å². The second-order valence-corrected chi connectivity index (χ2v) is 8.10. The summed E-state index contributed by atoms with van der Waals surface area (Å²) in [5, 5.41) is 3.17. The zero-order chi connectivity index (χ0) is 22.3. The van der Waals surface area contributed by atoms with Crippen molar-refractivity contribution in [3.63, 3.8) is 0 Å². The summed E-state index contributed by atoms with van der Waals surface area (Å²) in [5.41, 5.74) is 4.79. The number of fused-ring (bicyclic) bond motifs is 1. The van der Waals surface area contributed by atoms with Crippen LogP contribution in [0.15, 0.2) is 72.8 Å². The largest absolute Gasteiger partial charge is 0.497 e. The van der Waals surface area contributed by atoms with Crippen molar-refractivity contribution in [2.45, 2.75) is 32.0 Å². The number of amides is 1. The first-order valence-corrected chi connectivity index (χ1v) is 11.0. The van der Waals surface area contributed by atoms with Crippen molar-refractivity contribution < 1.29 is 14.3 Å². The van der Waals surface area contributed by atoms with Crippen LogP contribution < -0.4 is 14.8 Å². The van der Waals surface area contributed by atoms with Gasteiger partial charge in [0.25, 0.3) is 0 Å². The van der Waals surface area contributed by atoms with E-state index in [2.05, 4.69) is 46.6 Å². The molecule has 4 rings (SSSR count). The predicted octanol–water partition coefficient (Wildman–Crippen LogP) is 3.99. The van der Waals surface area contributed by atoms with Crippen molar-refractivity contribution in [1.82, 2.24) is 10.2 Å². The molecule has 0 bridgehead atoms. The first-order valence-electron chi connectivity index (χ1n) is 11.0. The molecule has 0 aromatic heterocycles. The maximum atomic E-state index is 13.3. The summed E-state index contributed by atoms with van der Waals surface area (Å²) in [5.74, 6) is 1.64. The Labute approximate surface area is 190 Å². The number of carbonyl (C=O) groups excluding carboxylic acids is 1. The summed E-state index contributed by atoms with van der Waals surface area (Å²) in [6, 6.07) is 24.2. The van der Waals surface area contributed by atoms with E-state index < -0.39 is 0 Å². The highest BCUT2D eigenvalue weighted by Crippen LogP contribution is 2.26. The van der Waals surface area contributed by atoms with Crippen LogP contribution in [0.5, 0.6) is 11.5 Å². The first-order chi connectivity index (χ1) is 15.7. The van der Waals surface area contributed by atoms with Crippen LogP contribution in [0.25, 0.3) is 0 Å². The number of nitrogens with one attached hydrogen (secondary N) is 1. The summed E-state index contributed by atoms with van der Waals surface area (Å²) in [7, 11) is 3.31. The van der Waals surface area contributed by atoms with Gasteiger partial charge in [0, 0.05) is 19.6 Å². The molecule has 3 aromatic rings. The van der Waals surface area contributed by atoms with Crippen molar-refractivity contribution in [2.24, 2.45) is 0 Å². The molecule has 1 unspecified atom stereocenters. The van der Waals surface area contributed by atoms with Crippen LogP contribution >= 0.6 is 0 Å². The second-order valence-electron chi connectivity index (χ2n) is 8.10. The highest BCUT2D eigenvalue weighted by atomic mass is 16.5. The summed E-state index contributed by atoms with van der Waals surface area (Å²) >= 11 is 0. The normalized spacial score (nSPS) is 13.9. The van der Waals surface area contributed by atoms with Crippen LogP contribution in [0, 0.1) is 0 Å². The van der Waals surface area contributed by atoms with Gasteiger partial charge in [-0.25, -0.2) is 0 Å². The van der Waals surface area contributed by atoms with Crippen LogP contribution in [0.2, 0.25) is 0 Å². The molecule has 5 nitrogen and oxygen atoms in total. The van der Waals surface area contributed by atoms with E-state index in [1.807, 2.05) is 36.4 Å². The molecule has 5 heteroatoms. The van der Waals surface area contributed by atoms with Gasteiger partial charge in [0.15, 0.2) is 0 Å². The predicted molar refractivity (Wildman–Crippen MR) is 126 cm³/mol. The Bertz CT molecular complexity index is 1030. The van der Waals surface area contributed by atoms with Crippen molar-refractivity contribution in [2.75, 3.05) is 20.8 Å². The van der Waals surface area contributed by atoms with E-state index in [0.717, 1.165) is 35.7 Å². The Morgan fingerprint density at radius 1 is 0.938 bits per heavy atom. The van der Waals surface area contributed by atoms with E-state index in [-0.39, 0.29) is 11.9 Å². The number of nitrogens with zero attached hydrogens (tertiary/aromatic N) is 1. The third-order valence-corrected chi connectivity index (χ3v) is 6.06. The van der Waals surface area contributed by atoms with Crippen molar-refractivity contribution >= 4 is 5.91 Å². The van der Waals surface area contributed by atoms with Gasteiger partial charge in [-0.3, -0.25) is 9.69 Å². The smallest absolute Gasteiger partial charge is 0.237 e. The Morgan fingerprint density at radius 3 is 2.28 bits per heavy atom. The lowest BCUT2D eigenvalue weighted by Gasteiger charge is -2.27. The van der Waals surface area contributed by atoms with Crippen LogP contribution in [0.4, 0.5) is 0 Å². The lowest BCUT2D eigenvalue weighted by atomic mass is 10.0. The minimum Gasteiger partial charge on any atom is -0.497 e. The molecule has 166 valence electrons. The molecule has 0 aliphatic carbocycles. The fourth-order valence-corrected chi connectivity index (χ4v) is 4.32. The molecule has 0 saturated carbocycles. The molecule has 0 spiro atoms. The maximum Gasteiger partial charge on any atom is 0.237 e. The zero-order valence-electron chi connectivity index (χ0n) is 18.7. The molecule has 1 amide bonds. The quantitative estimate of drug-likeness (QED) is 0.558. The zero-order valence-corrected chi connectivity index (χ0v) is 18.7. The Morgan fingerprint density at radius 2 is 1.62 bits per heavy atom. The van der Waals surface area contributed by atoms with E-state index in [4.69, 9.17) is 9.47 Å². The van der Waals surface area contributed by atoms with Crippen LogP contribution in [0.3, 0.4) is 0 Å². The van der Waals surface area contributed by atoms with Crippen molar-refractivity contribution in [3.05, 3.63) is 95.1 Å². The molecule has 0 radical (unpaired) electrons. The van der Waals surface area contributed by atoms with E-state index in [1.54, 1.807) is 14.2 Å². The lowest BCUT2D eigenvalue weighted by Crippen LogP contribution is -2.46. The SMILES string of the molecule is COc1ccc(OC)c(CCNC(=O)C(Cc2ccccc2)N2Cc3ccccc3C2)c1. The fraction of sp³-hybridized carbons (Fsp3) is 0.296. The molecule has 0 saturated heterocycles. The molecule has 1 atom stereocenters. The van der Waals surface area contributed by atoms with Crippen molar-refractivity contribution in [1.29, 1.82) is 0 Å². The van der Waals surface area contributed by atoms with Gasteiger partial charge in [0.05, 0.1) is 20.3 Å². The average Bonchev–Trinajstić information content (AvgIpc) is 3.27. The highest BCUT2D eigenvalue weighted by Gasteiger charge is 2.30. The average molecular weight is 431 g/mol. The second kappa shape index (κ2) is 10.3. The molecule has 1 heterocycles. The molecule has 32 heavy (non-hydrogen) atoms. The van der Waals surface area contributed by atoms with Crippen LogP contribution in [0.1, 0.15) is 22.3 Å². The number of rotatable bonds is 9. The number of ether oxygens (including phenoxy) is 2. The van der Waals surface area contributed by atoms with Crippen LogP contribution in [-0.4, -0.2) is 37.6 Å². The summed E-state index contributed by atoms with van der Waals surface area (Å²) in [6.45, 7) is 2.13. The Hall–Kier alpha value is -3.31. The van der Waals surface area contributed by atoms with Gasteiger partial charge in [-0.15, -0.1) is 0 Å². The third kappa shape index (κ3) is 5.11. The van der Waals surface area contributed by atoms with Gasteiger partial charge in [0.2, 0.25) is 5.91 Å². The third-order valence-electron chi connectivity index (χ3n) is 6.06. The number of carbonyl (C=O) groups is 1. The van der Waals surface area contributed by atoms with Gasteiger partial charge in [-0.1, -0.05) is 54.6 Å². The molecule has 1 aliphatic rings. The minimum atomic E-state index is -0.225. The fourth-order valence-electron chi connectivity index (χ4n) is 4.32. The Balaban J connectivity index is 1.45. The van der Waals surface area contributed by atoms with E-state index in [1.165, 1.54) is 11.1 Å². The summed E-state index contributed by atoms with van der Waals surface area (Å²) in [4.78, 5) is 15.6. The van der Waals surface area contributed by atoms with E-state index >= 15 is 0 Å². The molecule has 1 aliphatic heterocycles. The number of hydrogen-bond acceptors (Lipinski definition) is 4. The summed E-state index contributed by atoms with van der Waals surface area (Å²) < 4.78 is 10.8. The Kier molecular flexibility index (Phi) is 7.07. The number of hydrogen-bond donors (Lipinski definition) is 1. The topological polar surface area (TPSA) is 50.8 Å². The van der Waals surface area contributed by atoms with Crippen LogP contribution in [-0.2, 0) is 30.7 Å². The number of benzene rings is 3. The van der Waals surface area contributed by atoms with Crippen molar-refractivity contribution in [3.8, 4) is 11.5 Å². The molecule has 1 N–H and O–H groups in total. The molecule has 3 aromatic carbocycles. The minimum absolute atomic E-state index is 0.0588. The van der Waals surface area contributed by atoms with E-state index in [9.17, 15) is 4.79 Å². The standard InChI is InChI=1S/C27H30N2O3/c1-31-24-12-13-26(32-2)21(17-24)14-15-28-27(30)25(16-20-8-4-3-5-9-20)29-18-22-10-6-7-11-23(22)19-29/h3-13,17,25H,14-16,18-19H2,1-2H3,(H,28,30). The molecular weight excluding hydrogens is 400 g/mol. The van der Waals surface area contributed by atoms with Gasteiger partial charge in [-0.2, -0.15) is 0 Å². The molecular formula is C27H30N2O3. The van der Waals surface area contributed by atoms with Gasteiger partial charge >= 0.3 is 0 Å². The van der Waals surface area contributed by atoms with Gasteiger partial charge < -0.3 is 14.8 Å². The monoisotopic (exact) mass is 430 g/mol. The van der Waals surface area contributed by atoms with Gasteiger partial charge in [-0.05, 0) is 53.3 Å². The number of methoxy groups -OCH3 is 2. The first kappa shape index (κ1) is 21.9. The maximum absolute atomic E-state index is 13.3. The summed E-state index contributed by atoms with van der Waals surface area (Å²) in [6.07, 6.45) is 1.35. The highest BCUT2D eigenvalue weighted by molar-refractivity contribution is 5.82. The molecule has 0 fully saturated rings. The lowest BCUT2D eigenvalue weighted by molar-refractivity contribution is -0.126.